The lowest BCUT2D eigenvalue weighted by Gasteiger charge is -2.11. The third kappa shape index (κ3) is 2.57. The van der Waals surface area contributed by atoms with Gasteiger partial charge in [0.05, 0.1) is 12.3 Å². The molecule has 1 aromatic carbocycles. The van der Waals surface area contributed by atoms with Crippen LogP contribution in [0.4, 0.5) is 0 Å². The number of pyridine rings is 1. The van der Waals surface area contributed by atoms with Gasteiger partial charge in [0.2, 0.25) is 0 Å². The minimum atomic E-state index is -0.373. The molecule has 4 heteroatoms. The van der Waals surface area contributed by atoms with E-state index in [0.717, 1.165) is 17.9 Å². The molecule has 0 amide bonds. The van der Waals surface area contributed by atoms with Gasteiger partial charge in [-0.1, -0.05) is 12.1 Å². The first-order chi connectivity index (χ1) is 9.78. The number of rotatable bonds is 4. The van der Waals surface area contributed by atoms with Gasteiger partial charge < -0.3 is 9.72 Å². The highest BCUT2D eigenvalue weighted by Crippen LogP contribution is 2.32. The van der Waals surface area contributed by atoms with Crippen molar-refractivity contribution < 1.29 is 4.74 Å². The number of nitriles is 1. The van der Waals surface area contributed by atoms with Crippen LogP contribution in [0.15, 0.2) is 41.2 Å². The van der Waals surface area contributed by atoms with Crippen molar-refractivity contribution in [2.75, 3.05) is 6.61 Å². The average molecular weight is 266 g/mol. The van der Waals surface area contributed by atoms with Crippen molar-refractivity contribution in [1.82, 2.24) is 4.98 Å². The smallest absolute Gasteiger partial charge is 0.266 e. The van der Waals surface area contributed by atoms with Crippen LogP contribution < -0.4 is 10.3 Å². The maximum absolute atomic E-state index is 11.7. The topological polar surface area (TPSA) is 65.9 Å². The first kappa shape index (κ1) is 12.5. The normalized spacial score (nSPS) is 13.8. The zero-order valence-electron chi connectivity index (χ0n) is 10.9. The predicted octanol–water partition coefficient (Wildman–Crippen LogP) is 2.70. The molecular weight excluding hydrogens is 252 g/mol. The molecule has 0 atom stereocenters. The molecule has 0 bridgehead atoms. The molecule has 20 heavy (non-hydrogen) atoms. The molecule has 1 saturated carbocycles. The highest BCUT2D eigenvalue weighted by Gasteiger charge is 2.22. The molecule has 1 aliphatic carbocycles. The minimum absolute atomic E-state index is 0.116. The summed E-state index contributed by atoms with van der Waals surface area (Å²) in [5, 5.41) is 8.79. The molecule has 1 heterocycles. The number of nitrogens with one attached hydrogen (secondary N) is 1. The Morgan fingerprint density at radius 1 is 1.25 bits per heavy atom. The fourth-order valence-corrected chi connectivity index (χ4v) is 2.03. The number of ether oxygens (including phenoxy) is 1. The molecule has 4 nitrogen and oxygen atoms in total. The van der Waals surface area contributed by atoms with Gasteiger partial charge >= 0.3 is 0 Å². The fraction of sp³-hybridized carbons (Fsp3) is 0.250. The maximum Gasteiger partial charge on any atom is 0.266 e. The lowest BCUT2D eigenvalue weighted by atomic mass is 10.1. The molecule has 0 unspecified atom stereocenters. The van der Waals surface area contributed by atoms with Crippen LogP contribution in [0.25, 0.3) is 11.3 Å². The molecule has 0 spiro atoms. The van der Waals surface area contributed by atoms with Gasteiger partial charge in [-0.15, -0.1) is 0 Å². The van der Waals surface area contributed by atoms with Crippen LogP contribution >= 0.6 is 0 Å². The third-order valence-corrected chi connectivity index (χ3v) is 3.38. The van der Waals surface area contributed by atoms with E-state index < -0.39 is 0 Å². The van der Waals surface area contributed by atoms with Gasteiger partial charge in [0, 0.05) is 5.56 Å². The number of para-hydroxylation sites is 1. The van der Waals surface area contributed by atoms with Crippen LogP contribution in [0.2, 0.25) is 0 Å². The lowest BCUT2D eigenvalue weighted by molar-refractivity contribution is 0.301. The molecule has 0 aliphatic heterocycles. The molecule has 2 aromatic rings. The van der Waals surface area contributed by atoms with Gasteiger partial charge in [0.1, 0.15) is 17.4 Å². The Balaban J connectivity index is 1.94. The molecule has 1 fully saturated rings. The largest absolute Gasteiger partial charge is 0.493 e. The van der Waals surface area contributed by atoms with Crippen LogP contribution in [0.5, 0.6) is 5.75 Å². The number of hydrogen-bond acceptors (Lipinski definition) is 3. The fourth-order valence-electron chi connectivity index (χ4n) is 2.03. The molecule has 1 aromatic heterocycles. The van der Waals surface area contributed by atoms with E-state index in [9.17, 15) is 4.79 Å². The summed E-state index contributed by atoms with van der Waals surface area (Å²) in [7, 11) is 0. The second-order valence-corrected chi connectivity index (χ2v) is 4.98. The number of hydrogen-bond donors (Lipinski definition) is 1. The van der Waals surface area contributed by atoms with Crippen molar-refractivity contribution in [3.63, 3.8) is 0 Å². The Bertz CT molecular complexity index is 724. The van der Waals surface area contributed by atoms with Crippen LogP contribution in [-0.2, 0) is 0 Å². The van der Waals surface area contributed by atoms with E-state index in [4.69, 9.17) is 10.00 Å². The molecule has 3 rings (SSSR count). The van der Waals surface area contributed by atoms with Gasteiger partial charge in [-0.25, -0.2) is 0 Å². The van der Waals surface area contributed by atoms with Crippen molar-refractivity contribution in [3.8, 4) is 23.1 Å². The van der Waals surface area contributed by atoms with Gasteiger partial charge in [0.15, 0.2) is 0 Å². The van der Waals surface area contributed by atoms with E-state index in [2.05, 4.69) is 4.98 Å². The molecule has 1 aliphatic rings. The van der Waals surface area contributed by atoms with Crippen molar-refractivity contribution in [1.29, 1.82) is 5.26 Å². The highest BCUT2D eigenvalue weighted by molar-refractivity contribution is 5.67. The summed E-state index contributed by atoms with van der Waals surface area (Å²) in [5.41, 5.74) is 1.25. The lowest BCUT2D eigenvalue weighted by Crippen LogP contribution is -2.10. The summed E-state index contributed by atoms with van der Waals surface area (Å²) in [5.74, 6) is 1.43. The molecule has 0 saturated heterocycles. The highest BCUT2D eigenvalue weighted by atomic mass is 16.5. The minimum Gasteiger partial charge on any atom is -0.493 e. The van der Waals surface area contributed by atoms with E-state index in [0.29, 0.717) is 11.6 Å². The standard InChI is InChI=1S/C16H14N2O2/c17-9-12-7-8-14(18-16(12)19)13-3-1-2-4-15(13)20-10-11-5-6-11/h1-4,7-8,11H,5-6,10H2,(H,18,19). The number of aromatic amines is 1. The number of H-pyrrole nitrogens is 1. The van der Waals surface area contributed by atoms with Gasteiger partial charge in [-0.05, 0) is 43.0 Å². The number of aromatic nitrogens is 1. The van der Waals surface area contributed by atoms with Gasteiger partial charge in [0.25, 0.3) is 5.56 Å². The quantitative estimate of drug-likeness (QED) is 0.925. The van der Waals surface area contributed by atoms with E-state index in [1.807, 2.05) is 30.3 Å². The third-order valence-electron chi connectivity index (χ3n) is 3.38. The van der Waals surface area contributed by atoms with Gasteiger partial charge in [-0.2, -0.15) is 5.26 Å². The summed E-state index contributed by atoms with van der Waals surface area (Å²) >= 11 is 0. The Labute approximate surface area is 116 Å². The summed E-state index contributed by atoms with van der Waals surface area (Å²) in [6, 6.07) is 12.7. The van der Waals surface area contributed by atoms with Crippen molar-refractivity contribution in [3.05, 3.63) is 52.3 Å². The Morgan fingerprint density at radius 3 is 2.75 bits per heavy atom. The summed E-state index contributed by atoms with van der Waals surface area (Å²) in [6.45, 7) is 0.720. The summed E-state index contributed by atoms with van der Waals surface area (Å²) in [4.78, 5) is 14.4. The van der Waals surface area contributed by atoms with Crippen molar-refractivity contribution in [2.45, 2.75) is 12.8 Å². The monoisotopic (exact) mass is 266 g/mol. The first-order valence-electron chi connectivity index (χ1n) is 6.63. The van der Waals surface area contributed by atoms with Crippen molar-refractivity contribution >= 4 is 0 Å². The predicted molar refractivity (Wildman–Crippen MR) is 75.4 cm³/mol. The average Bonchev–Trinajstić information content (AvgIpc) is 3.29. The summed E-state index contributed by atoms with van der Waals surface area (Å²) in [6.07, 6.45) is 2.46. The second kappa shape index (κ2) is 5.22. The van der Waals surface area contributed by atoms with Crippen LogP contribution in [0.3, 0.4) is 0 Å². The van der Waals surface area contributed by atoms with E-state index in [-0.39, 0.29) is 11.1 Å². The Hall–Kier alpha value is -2.54. The SMILES string of the molecule is N#Cc1ccc(-c2ccccc2OCC2CC2)[nH]c1=O. The van der Waals surface area contributed by atoms with Crippen LogP contribution in [0, 0.1) is 17.2 Å². The van der Waals surface area contributed by atoms with E-state index >= 15 is 0 Å². The number of benzene rings is 1. The Kier molecular flexibility index (Phi) is 3.26. The second-order valence-electron chi connectivity index (χ2n) is 4.98. The summed E-state index contributed by atoms with van der Waals surface area (Å²) < 4.78 is 5.82. The van der Waals surface area contributed by atoms with E-state index in [1.54, 1.807) is 6.07 Å². The zero-order valence-corrected chi connectivity index (χ0v) is 10.9. The maximum atomic E-state index is 11.7. The molecule has 100 valence electrons. The van der Waals surface area contributed by atoms with Crippen LogP contribution in [-0.4, -0.2) is 11.6 Å². The first-order valence-corrected chi connectivity index (χ1v) is 6.63. The molecular formula is C16H14N2O2. The van der Waals surface area contributed by atoms with Crippen molar-refractivity contribution in [2.24, 2.45) is 5.92 Å². The number of nitrogens with zero attached hydrogens (tertiary/aromatic N) is 1. The Morgan fingerprint density at radius 2 is 2.05 bits per heavy atom. The van der Waals surface area contributed by atoms with Gasteiger partial charge in [-0.3, -0.25) is 4.79 Å². The van der Waals surface area contributed by atoms with E-state index in [1.165, 1.54) is 18.9 Å². The zero-order chi connectivity index (χ0) is 13.9. The molecule has 0 radical (unpaired) electrons. The van der Waals surface area contributed by atoms with Crippen LogP contribution in [0.1, 0.15) is 18.4 Å². The molecule has 1 N–H and O–H groups in total.